The zero-order chi connectivity index (χ0) is 21.9. The Bertz CT molecular complexity index is 891. The summed E-state index contributed by atoms with van der Waals surface area (Å²) in [6, 6.07) is 10.3. The number of piperidine rings is 1. The maximum Gasteiger partial charge on any atom is 0.416 e. The van der Waals surface area contributed by atoms with E-state index in [-0.39, 0.29) is 23.7 Å². The minimum atomic E-state index is -4.47. The van der Waals surface area contributed by atoms with Gasteiger partial charge in [0.25, 0.3) is 5.91 Å². The van der Waals surface area contributed by atoms with Crippen LogP contribution in [-0.4, -0.2) is 41.6 Å². The van der Waals surface area contributed by atoms with Crippen molar-refractivity contribution >= 4 is 5.91 Å². The molecule has 8 heteroatoms. The lowest BCUT2D eigenvalue weighted by Crippen LogP contribution is -2.48. The van der Waals surface area contributed by atoms with Crippen molar-refractivity contribution in [3.05, 3.63) is 71.0 Å². The van der Waals surface area contributed by atoms with Gasteiger partial charge in [-0.25, -0.2) is 4.39 Å². The summed E-state index contributed by atoms with van der Waals surface area (Å²) in [7, 11) is 0. The fourth-order valence-corrected chi connectivity index (χ4v) is 3.70. The monoisotopic (exact) mass is 424 g/mol. The summed E-state index contributed by atoms with van der Waals surface area (Å²) in [4.78, 5) is 14.2. The van der Waals surface area contributed by atoms with E-state index in [9.17, 15) is 27.5 Å². The Morgan fingerprint density at radius 2 is 1.73 bits per heavy atom. The molecule has 0 radical (unpaired) electrons. The number of nitrogens with one attached hydrogen (secondary N) is 1. The number of likely N-dealkylation sites (tertiary alicyclic amines) is 1. The number of hydrogen-bond acceptors (Lipinski definition) is 3. The Kier molecular flexibility index (Phi) is 6.47. The lowest BCUT2D eigenvalue weighted by Gasteiger charge is -2.37. The Labute approximate surface area is 172 Å². The van der Waals surface area contributed by atoms with Crippen LogP contribution in [0, 0.1) is 5.82 Å². The maximum atomic E-state index is 13.7. The lowest BCUT2D eigenvalue weighted by atomic mass is 9.92. The summed E-state index contributed by atoms with van der Waals surface area (Å²) in [5, 5.41) is 13.6. The van der Waals surface area contributed by atoms with Crippen LogP contribution in [0.4, 0.5) is 17.6 Å². The number of amides is 1. The van der Waals surface area contributed by atoms with E-state index in [0.29, 0.717) is 25.9 Å². The van der Waals surface area contributed by atoms with Crippen molar-refractivity contribution in [1.82, 2.24) is 10.2 Å². The third-order valence-corrected chi connectivity index (χ3v) is 5.38. The van der Waals surface area contributed by atoms with Gasteiger partial charge in [-0.2, -0.15) is 13.2 Å². The highest BCUT2D eigenvalue weighted by Crippen LogP contribution is 2.32. The fourth-order valence-electron chi connectivity index (χ4n) is 3.70. The molecule has 0 aliphatic carbocycles. The molecule has 1 amide bonds. The standard InChI is InChI=1S/C22H24F4N2O2/c1-21(30,15-5-4-6-16(13-15)22(24,25)26)14-28-11-9-17(10-12-28)27-20(29)18-7-2-3-8-19(18)23/h2-8,13,17,30H,9-12,14H2,1H3,(H,27,29). The lowest BCUT2D eigenvalue weighted by molar-refractivity contribution is -0.137. The van der Waals surface area contributed by atoms with E-state index in [0.717, 1.165) is 12.1 Å². The van der Waals surface area contributed by atoms with Gasteiger partial charge in [0.05, 0.1) is 16.7 Å². The molecule has 1 atom stereocenters. The molecule has 1 heterocycles. The second kappa shape index (κ2) is 8.73. The van der Waals surface area contributed by atoms with Gasteiger partial charge < -0.3 is 10.4 Å². The molecule has 30 heavy (non-hydrogen) atoms. The summed E-state index contributed by atoms with van der Waals surface area (Å²) in [5.41, 5.74) is -2.06. The minimum absolute atomic E-state index is 0.00703. The van der Waals surface area contributed by atoms with Gasteiger partial charge in [-0.3, -0.25) is 9.69 Å². The molecular formula is C22H24F4N2O2. The van der Waals surface area contributed by atoms with Crippen LogP contribution in [0.2, 0.25) is 0 Å². The number of benzene rings is 2. The highest BCUT2D eigenvalue weighted by Gasteiger charge is 2.34. The molecule has 4 nitrogen and oxygen atoms in total. The molecule has 2 N–H and O–H groups in total. The Morgan fingerprint density at radius 1 is 1.10 bits per heavy atom. The largest absolute Gasteiger partial charge is 0.416 e. The molecule has 1 unspecified atom stereocenters. The van der Waals surface area contributed by atoms with Gasteiger partial charge in [0.1, 0.15) is 5.82 Å². The number of β-amino-alcohol motifs (C(OH)–C–C–N with tert-alkyl or cyclic N) is 1. The van der Waals surface area contributed by atoms with Crippen LogP contribution in [0.15, 0.2) is 48.5 Å². The Morgan fingerprint density at radius 3 is 2.37 bits per heavy atom. The number of hydrogen-bond donors (Lipinski definition) is 2. The zero-order valence-electron chi connectivity index (χ0n) is 16.5. The Balaban J connectivity index is 1.56. The minimum Gasteiger partial charge on any atom is -0.384 e. The second-order valence-corrected chi connectivity index (χ2v) is 7.86. The van der Waals surface area contributed by atoms with Gasteiger partial charge in [-0.05, 0) is 49.6 Å². The first-order valence-corrected chi connectivity index (χ1v) is 9.74. The summed E-state index contributed by atoms with van der Waals surface area (Å²) >= 11 is 0. The molecule has 1 aliphatic rings. The number of carbonyl (C=O) groups is 1. The molecule has 0 aromatic heterocycles. The van der Waals surface area contributed by atoms with E-state index in [2.05, 4.69) is 5.32 Å². The third kappa shape index (κ3) is 5.37. The van der Waals surface area contributed by atoms with Crippen molar-refractivity contribution < 1.29 is 27.5 Å². The van der Waals surface area contributed by atoms with Crippen LogP contribution < -0.4 is 5.32 Å². The Hall–Kier alpha value is -2.45. The second-order valence-electron chi connectivity index (χ2n) is 7.86. The van der Waals surface area contributed by atoms with Crippen LogP contribution in [-0.2, 0) is 11.8 Å². The molecule has 0 bridgehead atoms. The molecule has 3 rings (SSSR count). The molecule has 2 aromatic rings. The molecule has 2 aromatic carbocycles. The normalized spacial score (nSPS) is 18.1. The van der Waals surface area contributed by atoms with Crippen molar-refractivity contribution in [2.24, 2.45) is 0 Å². The van der Waals surface area contributed by atoms with Gasteiger partial charge in [0.15, 0.2) is 0 Å². The van der Waals surface area contributed by atoms with Crippen LogP contribution >= 0.6 is 0 Å². The van der Waals surface area contributed by atoms with Crippen molar-refractivity contribution in [2.45, 2.75) is 37.6 Å². The van der Waals surface area contributed by atoms with Crippen LogP contribution in [0.25, 0.3) is 0 Å². The van der Waals surface area contributed by atoms with E-state index in [1.165, 1.54) is 37.3 Å². The van der Waals surface area contributed by atoms with Crippen LogP contribution in [0.1, 0.15) is 41.3 Å². The van der Waals surface area contributed by atoms with E-state index < -0.39 is 29.1 Å². The van der Waals surface area contributed by atoms with Crippen molar-refractivity contribution in [2.75, 3.05) is 19.6 Å². The van der Waals surface area contributed by atoms with Crippen molar-refractivity contribution in [1.29, 1.82) is 0 Å². The first-order chi connectivity index (χ1) is 14.1. The molecular weight excluding hydrogens is 400 g/mol. The zero-order valence-corrected chi connectivity index (χ0v) is 16.5. The van der Waals surface area contributed by atoms with Crippen molar-refractivity contribution in [3.63, 3.8) is 0 Å². The van der Waals surface area contributed by atoms with Crippen molar-refractivity contribution in [3.8, 4) is 0 Å². The summed E-state index contributed by atoms with van der Waals surface area (Å²) in [6.45, 7) is 2.77. The number of rotatable bonds is 5. The highest BCUT2D eigenvalue weighted by atomic mass is 19.4. The van der Waals surface area contributed by atoms with E-state index >= 15 is 0 Å². The molecule has 0 saturated carbocycles. The average Bonchev–Trinajstić information content (AvgIpc) is 2.69. The third-order valence-electron chi connectivity index (χ3n) is 5.38. The van der Waals surface area contributed by atoms with Gasteiger partial charge in [0, 0.05) is 25.7 Å². The van der Waals surface area contributed by atoms with E-state index in [1.54, 1.807) is 6.07 Å². The number of aliphatic hydroxyl groups is 1. The molecule has 1 saturated heterocycles. The van der Waals surface area contributed by atoms with E-state index in [4.69, 9.17) is 0 Å². The first-order valence-electron chi connectivity index (χ1n) is 9.74. The number of carbonyl (C=O) groups excluding carboxylic acids is 1. The van der Waals surface area contributed by atoms with Crippen LogP contribution in [0.3, 0.4) is 0 Å². The number of halogens is 4. The smallest absolute Gasteiger partial charge is 0.384 e. The molecule has 0 spiro atoms. The SMILES string of the molecule is CC(O)(CN1CCC(NC(=O)c2ccccc2F)CC1)c1cccc(C(F)(F)F)c1. The molecule has 1 aliphatic heterocycles. The molecule has 162 valence electrons. The maximum absolute atomic E-state index is 13.7. The summed E-state index contributed by atoms with van der Waals surface area (Å²) < 4.78 is 52.6. The number of alkyl halides is 3. The van der Waals surface area contributed by atoms with Gasteiger partial charge in [-0.1, -0.05) is 24.3 Å². The van der Waals surface area contributed by atoms with Gasteiger partial charge in [0.2, 0.25) is 0 Å². The molecule has 1 fully saturated rings. The fraction of sp³-hybridized carbons (Fsp3) is 0.409. The van der Waals surface area contributed by atoms with Gasteiger partial charge in [-0.15, -0.1) is 0 Å². The quantitative estimate of drug-likeness (QED) is 0.715. The predicted molar refractivity (Wildman–Crippen MR) is 104 cm³/mol. The summed E-state index contributed by atoms with van der Waals surface area (Å²) in [5.74, 6) is -1.05. The predicted octanol–water partition coefficient (Wildman–Crippen LogP) is 3.95. The topological polar surface area (TPSA) is 52.6 Å². The van der Waals surface area contributed by atoms with Gasteiger partial charge >= 0.3 is 6.18 Å². The van der Waals surface area contributed by atoms with Crippen LogP contribution in [0.5, 0.6) is 0 Å². The summed E-state index contributed by atoms with van der Waals surface area (Å²) in [6.07, 6.45) is -3.28. The number of nitrogens with zero attached hydrogens (tertiary/aromatic N) is 1. The average molecular weight is 424 g/mol. The first kappa shape index (κ1) is 22.2. The van der Waals surface area contributed by atoms with E-state index in [1.807, 2.05) is 4.90 Å². The highest BCUT2D eigenvalue weighted by molar-refractivity contribution is 5.94.